The molecule has 21 heavy (non-hydrogen) atoms. The maximum absolute atomic E-state index is 4.85. The molecule has 1 atom stereocenters. The van der Waals surface area contributed by atoms with Crippen molar-refractivity contribution in [3.63, 3.8) is 0 Å². The Morgan fingerprint density at radius 2 is 1.86 bits per heavy atom. The quantitative estimate of drug-likeness (QED) is 0.855. The Kier molecular flexibility index (Phi) is 6.62. The number of aromatic nitrogens is 2. The first-order valence-corrected chi connectivity index (χ1v) is 8.79. The highest BCUT2D eigenvalue weighted by Crippen LogP contribution is 2.29. The van der Waals surface area contributed by atoms with Gasteiger partial charge in [0.2, 0.25) is 0 Å². The molecule has 0 amide bonds. The molecular formula is C18H31N3. The third kappa shape index (κ3) is 4.77. The predicted molar refractivity (Wildman–Crippen MR) is 88.5 cm³/mol. The van der Waals surface area contributed by atoms with Gasteiger partial charge in [-0.25, -0.2) is 9.97 Å². The van der Waals surface area contributed by atoms with Crippen molar-refractivity contribution in [2.75, 3.05) is 6.54 Å². The van der Waals surface area contributed by atoms with Crippen LogP contribution < -0.4 is 5.32 Å². The maximum atomic E-state index is 4.85. The monoisotopic (exact) mass is 289 g/mol. The van der Waals surface area contributed by atoms with E-state index < -0.39 is 0 Å². The van der Waals surface area contributed by atoms with Gasteiger partial charge in [0.05, 0.1) is 0 Å². The van der Waals surface area contributed by atoms with E-state index in [9.17, 15) is 0 Å². The van der Waals surface area contributed by atoms with E-state index in [-0.39, 0.29) is 0 Å². The van der Waals surface area contributed by atoms with Gasteiger partial charge in [0.15, 0.2) is 0 Å². The van der Waals surface area contributed by atoms with Gasteiger partial charge in [-0.2, -0.15) is 0 Å². The molecule has 1 aromatic heterocycles. The fraction of sp³-hybridized carbons (Fsp3) is 0.778. The van der Waals surface area contributed by atoms with Gasteiger partial charge in [-0.1, -0.05) is 39.0 Å². The van der Waals surface area contributed by atoms with Crippen LogP contribution >= 0.6 is 0 Å². The topological polar surface area (TPSA) is 37.8 Å². The van der Waals surface area contributed by atoms with Crippen molar-refractivity contribution >= 4 is 0 Å². The lowest BCUT2D eigenvalue weighted by molar-refractivity contribution is 0.440. The SMILES string of the molecule is CCCNC(C)c1cnc(C2CCCCCCC2)nc1C. The van der Waals surface area contributed by atoms with Crippen molar-refractivity contribution in [2.24, 2.45) is 0 Å². The fourth-order valence-corrected chi connectivity index (χ4v) is 3.30. The maximum Gasteiger partial charge on any atom is 0.131 e. The highest BCUT2D eigenvalue weighted by Gasteiger charge is 2.18. The van der Waals surface area contributed by atoms with Crippen LogP contribution in [0.4, 0.5) is 0 Å². The second-order valence-electron chi connectivity index (χ2n) is 6.49. The molecule has 1 aliphatic carbocycles. The summed E-state index contributed by atoms with van der Waals surface area (Å²) in [6.45, 7) is 7.58. The average Bonchev–Trinajstić information content (AvgIpc) is 2.44. The van der Waals surface area contributed by atoms with Crippen LogP contribution in [0.25, 0.3) is 0 Å². The summed E-state index contributed by atoms with van der Waals surface area (Å²) in [5.74, 6) is 1.66. The van der Waals surface area contributed by atoms with Gasteiger partial charge in [-0.05, 0) is 39.7 Å². The van der Waals surface area contributed by atoms with Gasteiger partial charge in [-0.3, -0.25) is 0 Å². The van der Waals surface area contributed by atoms with Crippen molar-refractivity contribution < 1.29 is 0 Å². The smallest absolute Gasteiger partial charge is 0.131 e. The Balaban J connectivity index is 2.06. The van der Waals surface area contributed by atoms with Crippen LogP contribution in [0.2, 0.25) is 0 Å². The molecule has 1 N–H and O–H groups in total. The molecule has 118 valence electrons. The number of rotatable bonds is 5. The van der Waals surface area contributed by atoms with Crippen LogP contribution in [-0.2, 0) is 0 Å². The van der Waals surface area contributed by atoms with E-state index in [1.54, 1.807) is 0 Å². The Morgan fingerprint density at radius 3 is 2.48 bits per heavy atom. The lowest BCUT2D eigenvalue weighted by atomic mass is 9.90. The molecule has 1 saturated carbocycles. The van der Waals surface area contributed by atoms with Gasteiger partial charge in [-0.15, -0.1) is 0 Å². The predicted octanol–water partition coefficient (Wildman–Crippen LogP) is 4.67. The van der Waals surface area contributed by atoms with Crippen LogP contribution in [0.5, 0.6) is 0 Å². The minimum absolute atomic E-state index is 0.344. The zero-order valence-corrected chi connectivity index (χ0v) is 14.0. The van der Waals surface area contributed by atoms with Crippen molar-refractivity contribution in [3.05, 3.63) is 23.3 Å². The number of nitrogens with zero attached hydrogens (tertiary/aromatic N) is 2. The van der Waals surface area contributed by atoms with Gasteiger partial charge in [0, 0.05) is 29.4 Å². The molecule has 3 heteroatoms. The minimum atomic E-state index is 0.344. The van der Waals surface area contributed by atoms with Gasteiger partial charge < -0.3 is 5.32 Å². The van der Waals surface area contributed by atoms with Crippen molar-refractivity contribution in [3.8, 4) is 0 Å². The molecule has 1 unspecified atom stereocenters. The summed E-state index contributed by atoms with van der Waals surface area (Å²) in [6.07, 6.45) is 12.6. The van der Waals surface area contributed by atoms with E-state index in [0.29, 0.717) is 12.0 Å². The largest absolute Gasteiger partial charge is 0.310 e. The first kappa shape index (κ1) is 16.4. The summed E-state index contributed by atoms with van der Waals surface area (Å²) in [7, 11) is 0. The number of nitrogens with one attached hydrogen (secondary N) is 1. The van der Waals surface area contributed by atoms with Crippen LogP contribution in [0.3, 0.4) is 0 Å². The standard InChI is InChI=1S/C18H31N3/c1-4-12-19-14(2)17-13-20-18(21-15(17)3)16-10-8-6-5-7-9-11-16/h13-14,16,19H,4-12H2,1-3H3. The number of hydrogen-bond donors (Lipinski definition) is 1. The normalized spacial score (nSPS) is 19.0. The highest BCUT2D eigenvalue weighted by molar-refractivity contribution is 5.20. The van der Waals surface area contributed by atoms with Crippen LogP contribution in [0.1, 0.15) is 94.3 Å². The molecule has 3 nitrogen and oxygen atoms in total. The van der Waals surface area contributed by atoms with Gasteiger partial charge >= 0.3 is 0 Å². The first-order valence-electron chi connectivity index (χ1n) is 8.79. The lowest BCUT2D eigenvalue weighted by Crippen LogP contribution is -2.21. The molecular weight excluding hydrogens is 258 g/mol. The highest BCUT2D eigenvalue weighted by atomic mass is 14.9. The number of hydrogen-bond acceptors (Lipinski definition) is 3. The lowest BCUT2D eigenvalue weighted by Gasteiger charge is -2.20. The third-order valence-electron chi connectivity index (χ3n) is 4.67. The van der Waals surface area contributed by atoms with Crippen molar-refractivity contribution in [1.29, 1.82) is 0 Å². The zero-order chi connectivity index (χ0) is 15.1. The minimum Gasteiger partial charge on any atom is -0.310 e. The fourth-order valence-electron chi connectivity index (χ4n) is 3.30. The molecule has 1 heterocycles. The molecule has 0 bridgehead atoms. The summed E-state index contributed by atoms with van der Waals surface area (Å²) >= 11 is 0. The van der Waals surface area contributed by atoms with Crippen LogP contribution in [-0.4, -0.2) is 16.5 Å². The second-order valence-corrected chi connectivity index (χ2v) is 6.49. The average molecular weight is 289 g/mol. The Morgan fingerprint density at radius 1 is 1.19 bits per heavy atom. The Labute approximate surface area is 130 Å². The summed E-state index contributed by atoms with van der Waals surface area (Å²) in [4.78, 5) is 9.56. The Bertz CT molecular complexity index is 422. The first-order chi connectivity index (χ1) is 10.2. The Hall–Kier alpha value is -0.960. The van der Waals surface area contributed by atoms with Gasteiger partial charge in [0.25, 0.3) is 0 Å². The van der Waals surface area contributed by atoms with E-state index in [4.69, 9.17) is 9.97 Å². The summed E-state index contributed by atoms with van der Waals surface area (Å²) in [5, 5.41) is 3.53. The summed E-state index contributed by atoms with van der Waals surface area (Å²) in [6, 6.07) is 0.344. The molecule has 2 rings (SSSR count). The summed E-state index contributed by atoms with van der Waals surface area (Å²) < 4.78 is 0. The molecule has 1 fully saturated rings. The van der Waals surface area contributed by atoms with E-state index in [0.717, 1.165) is 24.5 Å². The van der Waals surface area contributed by atoms with E-state index >= 15 is 0 Å². The van der Waals surface area contributed by atoms with E-state index in [1.807, 2.05) is 0 Å². The van der Waals surface area contributed by atoms with Crippen molar-refractivity contribution in [1.82, 2.24) is 15.3 Å². The van der Waals surface area contributed by atoms with Crippen molar-refractivity contribution in [2.45, 2.75) is 84.1 Å². The third-order valence-corrected chi connectivity index (χ3v) is 4.67. The van der Waals surface area contributed by atoms with Crippen LogP contribution in [0, 0.1) is 6.92 Å². The molecule has 0 saturated heterocycles. The molecule has 0 aliphatic heterocycles. The molecule has 0 spiro atoms. The van der Waals surface area contributed by atoms with Crippen LogP contribution in [0.15, 0.2) is 6.20 Å². The molecule has 1 aliphatic rings. The zero-order valence-electron chi connectivity index (χ0n) is 14.0. The van der Waals surface area contributed by atoms with Gasteiger partial charge in [0.1, 0.15) is 5.82 Å². The molecule has 0 radical (unpaired) electrons. The summed E-state index contributed by atoms with van der Waals surface area (Å²) in [5.41, 5.74) is 2.40. The van der Waals surface area contributed by atoms with E-state index in [2.05, 4.69) is 32.3 Å². The van der Waals surface area contributed by atoms with E-state index in [1.165, 1.54) is 50.5 Å². The molecule has 1 aromatic rings. The second kappa shape index (κ2) is 8.47. The molecule has 0 aromatic carbocycles. The number of aryl methyl sites for hydroxylation is 1.